The van der Waals surface area contributed by atoms with Crippen LogP contribution < -0.4 is 5.32 Å². The summed E-state index contributed by atoms with van der Waals surface area (Å²) in [6.45, 7) is 4.85. The van der Waals surface area contributed by atoms with Crippen LogP contribution >= 0.6 is 0 Å². The lowest BCUT2D eigenvalue weighted by Crippen LogP contribution is -2.19. The summed E-state index contributed by atoms with van der Waals surface area (Å²) >= 11 is 0. The minimum Gasteiger partial charge on any atom is -0.384 e. The molecule has 0 amide bonds. The van der Waals surface area contributed by atoms with Crippen LogP contribution in [0.4, 0.5) is 5.69 Å². The van der Waals surface area contributed by atoms with Crippen LogP contribution in [0.3, 0.4) is 0 Å². The summed E-state index contributed by atoms with van der Waals surface area (Å²) < 4.78 is 0. The van der Waals surface area contributed by atoms with Crippen LogP contribution in [0.2, 0.25) is 0 Å². The van der Waals surface area contributed by atoms with Crippen molar-refractivity contribution in [3.63, 3.8) is 0 Å². The van der Waals surface area contributed by atoms with Gasteiger partial charge in [-0.3, -0.25) is 4.90 Å². The molecule has 0 aliphatic carbocycles. The van der Waals surface area contributed by atoms with Gasteiger partial charge in [0, 0.05) is 18.8 Å². The second kappa shape index (κ2) is 3.86. The van der Waals surface area contributed by atoms with Gasteiger partial charge in [0.1, 0.15) is 0 Å². The summed E-state index contributed by atoms with van der Waals surface area (Å²) in [6, 6.07) is 6.68. The monoisotopic (exact) mass is 202 g/mol. The minimum atomic E-state index is 1.12. The number of benzene rings is 1. The molecule has 2 aliphatic rings. The first-order valence-electron chi connectivity index (χ1n) is 6.00. The van der Waals surface area contributed by atoms with Crippen LogP contribution in [-0.4, -0.2) is 24.5 Å². The van der Waals surface area contributed by atoms with Gasteiger partial charge >= 0.3 is 0 Å². The molecule has 1 N–H and O–H groups in total. The normalized spacial score (nSPS) is 20.3. The number of hydrogen-bond donors (Lipinski definition) is 1. The predicted molar refractivity (Wildman–Crippen MR) is 63.1 cm³/mol. The molecule has 2 aliphatic heterocycles. The molecule has 80 valence electrons. The van der Waals surface area contributed by atoms with Crippen LogP contribution in [0, 0.1) is 0 Å². The molecule has 2 heterocycles. The molecule has 15 heavy (non-hydrogen) atoms. The van der Waals surface area contributed by atoms with Crippen molar-refractivity contribution in [2.45, 2.75) is 25.8 Å². The summed E-state index contributed by atoms with van der Waals surface area (Å²) in [4.78, 5) is 2.58. The van der Waals surface area contributed by atoms with Gasteiger partial charge in [-0.05, 0) is 49.5 Å². The molecule has 0 radical (unpaired) electrons. The fourth-order valence-corrected chi connectivity index (χ4v) is 2.75. The molecule has 0 bridgehead atoms. The zero-order valence-electron chi connectivity index (χ0n) is 9.13. The SMILES string of the molecule is c1cc(CN2CCCC2)c2c(c1)NCC2. The molecule has 0 spiro atoms. The van der Waals surface area contributed by atoms with E-state index >= 15 is 0 Å². The lowest BCUT2D eigenvalue weighted by Gasteiger charge is -2.16. The molecule has 1 aromatic carbocycles. The fraction of sp³-hybridized carbons (Fsp3) is 0.538. The van der Waals surface area contributed by atoms with Crippen molar-refractivity contribution in [2.24, 2.45) is 0 Å². The lowest BCUT2D eigenvalue weighted by molar-refractivity contribution is 0.330. The van der Waals surface area contributed by atoms with Crippen molar-refractivity contribution < 1.29 is 0 Å². The van der Waals surface area contributed by atoms with E-state index in [9.17, 15) is 0 Å². The molecule has 0 unspecified atom stereocenters. The van der Waals surface area contributed by atoms with E-state index in [0.717, 1.165) is 13.1 Å². The standard InChI is InChI=1S/C13H18N2/c1-2-9-15(8-1)10-11-4-3-5-13-12(11)6-7-14-13/h3-5,14H,1-2,6-10H2. The number of nitrogens with one attached hydrogen (secondary N) is 1. The number of nitrogens with zero attached hydrogens (tertiary/aromatic N) is 1. The second-order valence-electron chi connectivity index (χ2n) is 4.60. The molecule has 3 rings (SSSR count). The zero-order chi connectivity index (χ0) is 10.1. The smallest absolute Gasteiger partial charge is 0.0376 e. The van der Waals surface area contributed by atoms with E-state index in [1.54, 1.807) is 11.1 Å². The van der Waals surface area contributed by atoms with Gasteiger partial charge in [-0.1, -0.05) is 12.1 Å². The lowest BCUT2D eigenvalue weighted by atomic mass is 10.0. The topological polar surface area (TPSA) is 15.3 Å². The minimum absolute atomic E-state index is 1.12. The van der Waals surface area contributed by atoms with E-state index in [1.165, 1.54) is 38.0 Å². The highest BCUT2D eigenvalue weighted by Crippen LogP contribution is 2.27. The summed E-state index contributed by atoms with van der Waals surface area (Å²) in [5.41, 5.74) is 4.47. The average molecular weight is 202 g/mol. The number of rotatable bonds is 2. The van der Waals surface area contributed by atoms with E-state index in [1.807, 2.05) is 0 Å². The van der Waals surface area contributed by atoms with Gasteiger partial charge in [0.15, 0.2) is 0 Å². The fourth-order valence-electron chi connectivity index (χ4n) is 2.75. The van der Waals surface area contributed by atoms with E-state index < -0.39 is 0 Å². The van der Waals surface area contributed by atoms with Crippen LogP contribution in [0.15, 0.2) is 18.2 Å². The van der Waals surface area contributed by atoms with E-state index in [-0.39, 0.29) is 0 Å². The summed E-state index contributed by atoms with van der Waals surface area (Å²) in [6.07, 6.45) is 3.97. The summed E-state index contributed by atoms with van der Waals surface area (Å²) in [7, 11) is 0. The van der Waals surface area contributed by atoms with Gasteiger partial charge in [-0.2, -0.15) is 0 Å². The Morgan fingerprint density at radius 2 is 2.07 bits per heavy atom. The molecule has 2 nitrogen and oxygen atoms in total. The molecule has 2 heteroatoms. The van der Waals surface area contributed by atoms with Crippen molar-refractivity contribution in [1.29, 1.82) is 0 Å². The van der Waals surface area contributed by atoms with Crippen LogP contribution in [0.25, 0.3) is 0 Å². The van der Waals surface area contributed by atoms with Crippen molar-refractivity contribution in [3.8, 4) is 0 Å². The summed E-state index contributed by atoms with van der Waals surface area (Å²) in [5.74, 6) is 0. The van der Waals surface area contributed by atoms with Crippen LogP contribution in [0.5, 0.6) is 0 Å². The number of fused-ring (bicyclic) bond motifs is 1. The molecule has 0 saturated carbocycles. The van der Waals surface area contributed by atoms with Crippen molar-refractivity contribution in [2.75, 3.05) is 25.0 Å². The first kappa shape index (κ1) is 9.22. The highest BCUT2D eigenvalue weighted by molar-refractivity contribution is 5.58. The maximum atomic E-state index is 3.45. The Kier molecular flexibility index (Phi) is 2.37. The third-order valence-electron chi connectivity index (χ3n) is 3.56. The Morgan fingerprint density at radius 3 is 2.93 bits per heavy atom. The van der Waals surface area contributed by atoms with Crippen LogP contribution in [-0.2, 0) is 13.0 Å². The van der Waals surface area contributed by atoms with Gasteiger partial charge < -0.3 is 5.32 Å². The maximum Gasteiger partial charge on any atom is 0.0376 e. The van der Waals surface area contributed by atoms with Gasteiger partial charge in [-0.15, -0.1) is 0 Å². The van der Waals surface area contributed by atoms with Crippen molar-refractivity contribution >= 4 is 5.69 Å². The largest absolute Gasteiger partial charge is 0.384 e. The third kappa shape index (κ3) is 1.74. The molecule has 1 fully saturated rings. The Morgan fingerprint density at radius 1 is 1.20 bits per heavy atom. The first-order valence-corrected chi connectivity index (χ1v) is 6.00. The highest BCUT2D eigenvalue weighted by atomic mass is 15.1. The molecular weight excluding hydrogens is 184 g/mol. The molecule has 1 saturated heterocycles. The van der Waals surface area contributed by atoms with Gasteiger partial charge in [0.05, 0.1) is 0 Å². The van der Waals surface area contributed by atoms with E-state index in [0.29, 0.717) is 0 Å². The molecular formula is C13H18N2. The van der Waals surface area contributed by atoms with Crippen molar-refractivity contribution in [1.82, 2.24) is 4.90 Å². The highest BCUT2D eigenvalue weighted by Gasteiger charge is 2.17. The molecule has 1 aromatic rings. The van der Waals surface area contributed by atoms with Crippen LogP contribution in [0.1, 0.15) is 24.0 Å². The summed E-state index contributed by atoms with van der Waals surface area (Å²) in [5, 5.41) is 3.45. The van der Waals surface area contributed by atoms with Crippen molar-refractivity contribution in [3.05, 3.63) is 29.3 Å². The second-order valence-corrected chi connectivity index (χ2v) is 4.60. The Bertz CT molecular complexity index is 354. The zero-order valence-corrected chi connectivity index (χ0v) is 9.13. The number of likely N-dealkylation sites (tertiary alicyclic amines) is 1. The third-order valence-corrected chi connectivity index (χ3v) is 3.56. The molecule has 0 atom stereocenters. The number of hydrogen-bond acceptors (Lipinski definition) is 2. The Hall–Kier alpha value is -1.02. The predicted octanol–water partition coefficient (Wildman–Crippen LogP) is 2.25. The average Bonchev–Trinajstić information content (AvgIpc) is 2.87. The van der Waals surface area contributed by atoms with E-state index in [2.05, 4.69) is 28.4 Å². The van der Waals surface area contributed by atoms with Gasteiger partial charge in [-0.25, -0.2) is 0 Å². The number of anilines is 1. The maximum absolute atomic E-state index is 3.45. The Labute approximate surface area is 91.3 Å². The first-order chi connectivity index (χ1) is 7.43. The van der Waals surface area contributed by atoms with Gasteiger partial charge in [0.25, 0.3) is 0 Å². The van der Waals surface area contributed by atoms with Gasteiger partial charge in [0.2, 0.25) is 0 Å². The van der Waals surface area contributed by atoms with E-state index in [4.69, 9.17) is 0 Å². The molecule has 0 aromatic heterocycles. The quantitative estimate of drug-likeness (QED) is 0.791. The Balaban J connectivity index is 1.82.